The summed E-state index contributed by atoms with van der Waals surface area (Å²) in [6.45, 7) is 3.54. The van der Waals surface area contributed by atoms with E-state index in [1.165, 1.54) is 36.4 Å². The second kappa shape index (κ2) is 7.79. The minimum Gasteiger partial charge on any atom is -0.355 e. The number of carbonyl (C=O) groups excluding carboxylic acids is 1. The number of benzene rings is 2. The van der Waals surface area contributed by atoms with E-state index in [4.69, 9.17) is 0 Å². The average Bonchev–Trinajstić information content (AvgIpc) is 3.02. The van der Waals surface area contributed by atoms with Gasteiger partial charge in [0.05, 0.1) is 17.6 Å². The standard InChI is InChI=1S/C21H20F2N2O3S/c1-12-10-19(24-20(12)21(26)14-4-6-15(22)7-5-14)13(2)17-9-8-16(11-18(17)23)25-29(3,27)28/h4-11,13,24-25H,1-3H3. The summed E-state index contributed by atoms with van der Waals surface area (Å²) in [7, 11) is -3.50. The lowest BCUT2D eigenvalue weighted by Crippen LogP contribution is -2.10. The molecule has 1 atom stereocenters. The van der Waals surface area contributed by atoms with Gasteiger partial charge in [-0.3, -0.25) is 9.52 Å². The van der Waals surface area contributed by atoms with Gasteiger partial charge in [-0.05, 0) is 60.5 Å². The van der Waals surface area contributed by atoms with Gasteiger partial charge in [0.2, 0.25) is 15.8 Å². The molecule has 2 N–H and O–H groups in total. The summed E-state index contributed by atoms with van der Waals surface area (Å²) >= 11 is 0. The number of ketones is 1. The molecule has 3 rings (SSSR count). The minimum atomic E-state index is -3.50. The summed E-state index contributed by atoms with van der Waals surface area (Å²) in [4.78, 5) is 15.8. The Morgan fingerprint density at radius 2 is 1.72 bits per heavy atom. The van der Waals surface area contributed by atoms with Crippen molar-refractivity contribution in [2.45, 2.75) is 19.8 Å². The van der Waals surface area contributed by atoms with Crippen molar-refractivity contribution in [1.29, 1.82) is 0 Å². The first-order chi connectivity index (χ1) is 13.5. The molecule has 8 heteroatoms. The molecule has 1 aromatic heterocycles. The van der Waals surface area contributed by atoms with Crippen molar-refractivity contribution in [2.24, 2.45) is 0 Å². The van der Waals surface area contributed by atoms with Crippen LogP contribution in [0.3, 0.4) is 0 Å². The number of hydrogen-bond acceptors (Lipinski definition) is 3. The van der Waals surface area contributed by atoms with E-state index < -0.39 is 27.6 Å². The number of aromatic amines is 1. The monoisotopic (exact) mass is 418 g/mol. The Morgan fingerprint density at radius 3 is 2.31 bits per heavy atom. The molecule has 29 heavy (non-hydrogen) atoms. The highest BCUT2D eigenvalue weighted by molar-refractivity contribution is 7.92. The van der Waals surface area contributed by atoms with Crippen molar-refractivity contribution in [3.63, 3.8) is 0 Å². The topological polar surface area (TPSA) is 79.0 Å². The Balaban J connectivity index is 1.89. The van der Waals surface area contributed by atoms with Crippen LogP contribution in [0.25, 0.3) is 0 Å². The van der Waals surface area contributed by atoms with Crippen molar-refractivity contribution >= 4 is 21.5 Å². The molecule has 0 fully saturated rings. The Kier molecular flexibility index (Phi) is 5.57. The quantitative estimate of drug-likeness (QED) is 0.584. The number of carbonyl (C=O) groups is 1. The summed E-state index contributed by atoms with van der Waals surface area (Å²) in [6, 6.07) is 11.1. The molecule has 0 bridgehead atoms. The number of rotatable bonds is 6. The second-order valence-electron chi connectivity index (χ2n) is 6.95. The number of hydrogen-bond donors (Lipinski definition) is 2. The van der Waals surface area contributed by atoms with Gasteiger partial charge >= 0.3 is 0 Å². The number of aryl methyl sites for hydroxylation is 1. The predicted molar refractivity (Wildman–Crippen MR) is 108 cm³/mol. The first kappa shape index (κ1) is 20.7. The van der Waals surface area contributed by atoms with Crippen molar-refractivity contribution in [2.75, 3.05) is 11.0 Å². The third-order valence-electron chi connectivity index (χ3n) is 4.61. The van der Waals surface area contributed by atoms with E-state index in [1.54, 1.807) is 19.9 Å². The molecule has 2 aromatic carbocycles. The molecule has 1 unspecified atom stereocenters. The zero-order valence-electron chi connectivity index (χ0n) is 16.1. The highest BCUT2D eigenvalue weighted by Crippen LogP contribution is 2.29. The number of anilines is 1. The summed E-state index contributed by atoms with van der Waals surface area (Å²) in [5.74, 6) is -1.68. The molecule has 0 saturated carbocycles. The molecule has 0 aliphatic carbocycles. The fraction of sp³-hybridized carbons (Fsp3) is 0.190. The molecule has 0 aliphatic heterocycles. The molecular formula is C21H20F2N2O3S. The molecule has 0 radical (unpaired) electrons. The Hall–Kier alpha value is -3.00. The van der Waals surface area contributed by atoms with Crippen LogP contribution in [0, 0.1) is 18.6 Å². The molecule has 152 valence electrons. The van der Waals surface area contributed by atoms with Crippen molar-refractivity contribution < 1.29 is 22.0 Å². The Morgan fingerprint density at radius 1 is 1.07 bits per heavy atom. The first-order valence-corrected chi connectivity index (χ1v) is 10.7. The zero-order valence-corrected chi connectivity index (χ0v) is 16.9. The van der Waals surface area contributed by atoms with Crippen LogP contribution in [-0.4, -0.2) is 25.4 Å². The fourth-order valence-corrected chi connectivity index (χ4v) is 3.68. The highest BCUT2D eigenvalue weighted by Gasteiger charge is 2.20. The third kappa shape index (κ3) is 4.71. The molecule has 0 amide bonds. The molecule has 0 spiro atoms. The molecule has 5 nitrogen and oxygen atoms in total. The van der Waals surface area contributed by atoms with Crippen molar-refractivity contribution in [3.8, 4) is 0 Å². The zero-order chi connectivity index (χ0) is 21.3. The van der Waals surface area contributed by atoms with Gasteiger partial charge in [0, 0.05) is 17.2 Å². The smallest absolute Gasteiger partial charge is 0.229 e. The fourth-order valence-electron chi connectivity index (χ4n) is 3.12. The number of nitrogens with one attached hydrogen (secondary N) is 2. The lowest BCUT2D eigenvalue weighted by molar-refractivity contribution is 0.103. The second-order valence-corrected chi connectivity index (χ2v) is 8.70. The van der Waals surface area contributed by atoms with E-state index in [-0.39, 0.29) is 11.5 Å². The number of H-pyrrole nitrogens is 1. The molecule has 3 aromatic rings. The SMILES string of the molecule is Cc1cc(C(C)c2ccc(NS(C)(=O)=O)cc2F)[nH]c1C(=O)c1ccc(F)cc1. The summed E-state index contributed by atoms with van der Waals surface area (Å²) in [6.07, 6.45) is 0.989. The number of halogens is 2. The van der Waals surface area contributed by atoms with Crippen LogP contribution in [0.15, 0.2) is 48.5 Å². The van der Waals surface area contributed by atoms with Gasteiger partial charge in [-0.1, -0.05) is 13.0 Å². The van der Waals surface area contributed by atoms with Crippen LogP contribution in [0.2, 0.25) is 0 Å². The lowest BCUT2D eigenvalue weighted by Gasteiger charge is -2.13. The van der Waals surface area contributed by atoms with Crippen LogP contribution < -0.4 is 4.72 Å². The van der Waals surface area contributed by atoms with Gasteiger partial charge < -0.3 is 4.98 Å². The van der Waals surface area contributed by atoms with Gasteiger partial charge in [0.1, 0.15) is 11.6 Å². The Labute approximate surface area is 167 Å². The van der Waals surface area contributed by atoms with Gasteiger partial charge in [-0.2, -0.15) is 0 Å². The number of sulfonamides is 1. The molecule has 1 heterocycles. The Bertz CT molecular complexity index is 1170. The summed E-state index contributed by atoms with van der Waals surface area (Å²) in [5.41, 5.74) is 2.52. The average molecular weight is 418 g/mol. The van der Waals surface area contributed by atoms with Crippen molar-refractivity contribution in [3.05, 3.63) is 88.2 Å². The minimum absolute atomic E-state index is 0.135. The molecule has 0 aliphatic rings. The lowest BCUT2D eigenvalue weighted by atomic mass is 9.97. The van der Waals surface area contributed by atoms with Crippen molar-refractivity contribution in [1.82, 2.24) is 4.98 Å². The summed E-state index contributed by atoms with van der Waals surface area (Å²) < 4.78 is 52.5. The number of aromatic nitrogens is 1. The maximum absolute atomic E-state index is 14.6. The summed E-state index contributed by atoms with van der Waals surface area (Å²) in [5, 5.41) is 0. The normalized spacial score (nSPS) is 12.6. The van der Waals surface area contributed by atoms with Crippen LogP contribution in [0.4, 0.5) is 14.5 Å². The van der Waals surface area contributed by atoms with E-state index >= 15 is 0 Å². The van der Waals surface area contributed by atoms with Crippen LogP contribution in [0.1, 0.15) is 45.7 Å². The van der Waals surface area contributed by atoms with Gasteiger partial charge in [-0.25, -0.2) is 17.2 Å². The largest absolute Gasteiger partial charge is 0.355 e. The van der Waals surface area contributed by atoms with E-state index in [0.717, 1.165) is 12.3 Å². The third-order valence-corrected chi connectivity index (χ3v) is 5.21. The van der Waals surface area contributed by atoms with E-state index in [9.17, 15) is 22.0 Å². The van der Waals surface area contributed by atoms with Gasteiger partial charge in [0.25, 0.3) is 0 Å². The highest BCUT2D eigenvalue weighted by atomic mass is 32.2. The van der Waals surface area contributed by atoms with E-state index in [1.807, 2.05) is 0 Å². The van der Waals surface area contributed by atoms with Gasteiger partial charge in [-0.15, -0.1) is 0 Å². The first-order valence-electron chi connectivity index (χ1n) is 8.82. The maximum atomic E-state index is 14.6. The van der Waals surface area contributed by atoms with Crippen LogP contribution in [0.5, 0.6) is 0 Å². The van der Waals surface area contributed by atoms with E-state index in [0.29, 0.717) is 28.1 Å². The van der Waals surface area contributed by atoms with Crippen LogP contribution in [-0.2, 0) is 10.0 Å². The van der Waals surface area contributed by atoms with Crippen LogP contribution >= 0.6 is 0 Å². The maximum Gasteiger partial charge on any atom is 0.229 e. The van der Waals surface area contributed by atoms with Gasteiger partial charge in [0.15, 0.2) is 0 Å². The van der Waals surface area contributed by atoms with E-state index in [2.05, 4.69) is 9.71 Å². The predicted octanol–water partition coefficient (Wildman–Crippen LogP) is 4.36. The molecule has 0 saturated heterocycles. The molecular weight excluding hydrogens is 398 g/mol.